The largest absolute Gasteiger partial charge is 0.310 e. The van der Waals surface area contributed by atoms with Crippen molar-refractivity contribution in [1.29, 1.82) is 0 Å². The first kappa shape index (κ1) is 18.5. The van der Waals surface area contributed by atoms with Crippen molar-refractivity contribution in [3.8, 4) is 0 Å². The molecule has 1 aliphatic rings. The molecule has 0 aromatic heterocycles. The maximum absolute atomic E-state index is 12.8. The van der Waals surface area contributed by atoms with Gasteiger partial charge in [0.1, 0.15) is 0 Å². The Kier molecular flexibility index (Phi) is 5.32. The molecule has 5 nitrogen and oxygen atoms in total. The smallest absolute Gasteiger partial charge is 0.261 e. The number of carbonyl (C=O) groups excluding carboxylic acids is 1. The van der Waals surface area contributed by atoms with Gasteiger partial charge in [0.05, 0.1) is 16.3 Å². The van der Waals surface area contributed by atoms with Gasteiger partial charge in [0.2, 0.25) is 5.91 Å². The van der Waals surface area contributed by atoms with E-state index in [1.54, 1.807) is 41.3 Å². The van der Waals surface area contributed by atoms with Crippen molar-refractivity contribution in [3.63, 3.8) is 0 Å². The van der Waals surface area contributed by atoms with E-state index in [9.17, 15) is 13.2 Å². The number of anilines is 2. The number of carbonyl (C=O) groups is 1. The van der Waals surface area contributed by atoms with Gasteiger partial charge in [-0.25, -0.2) is 8.42 Å². The van der Waals surface area contributed by atoms with E-state index in [4.69, 9.17) is 0 Å². The van der Waals surface area contributed by atoms with E-state index in [0.717, 1.165) is 18.4 Å². The van der Waals surface area contributed by atoms with Gasteiger partial charge in [-0.05, 0) is 48.6 Å². The van der Waals surface area contributed by atoms with Crippen molar-refractivity contribution in [3.05, 3.63) is 54.1 Å². The lowest BCUT2D eigenvalue weighted by atomic mass is 9.99. The average Bonchev–Trinajstić information content (AvgIpc) is 3.07. The Morgan fingerprint density at radius 1 is 1.12 bits per heavy atom. The van der Waals surface area contributed by atoms with Crippen LogP contribution in [-0.4, -0.2) is 20.9 Å². The topological polar surface area (TPSA) is 66.5 Å². The zero-order chi connectivity index (χ0) is 18.7. The summed E-state index contributed by atoms with van der Waals surface area (Å²) in [5.41, 5.74) is 2.15. The van der Waals surface area contributed by atoms with Crippen LogP contribution in [0.1, 0.15) is 44.6 Å². The number of hydrogen-bond donors (Lipinski definition) is 1. The minimum atomic E-state index is -3.72. The highest BCUT2D eigenvalue weighted by Gasteiger charge is 2.25. The summed E-state index contributed by atoms with van der Waals surface area (Å²) in [4.78, 5) is 13.9. The predicted molar refractivity (Wildman–Crippen MR) is 104 cm³/mol. The van der Waals surface area contributed by atoms with E-state index >= 15 is 0 Å². The molecule has 6 heteroatoms. The Morgan fingerprint density at radius 3 is 2.42 bits per heavy atom. The van der Waals surface area contributed by atoms with Crippen molar-refractivity contribution < 1.29 is 13.2 Å². The van der Waals surface area contributed by atoms with Gasteiger partial charge in [0, 0.05) is 13.0 Å². The highest BCUT2D eigenvalue weighted by molar-refractivity contribution is 7.92. The van der Waals surface area contributed by atoms with Gasteiger partial charge < -0.3 is 4.90 Å². The van der Waals surface area contributed by atoms with Crippen LogP contribution in [0.5, 0.6) is 0 Å². The quantitative estimate of drug-likeness (QED) is 0.829. The van der Waals surface area contributed by atoms with Crippen LogP contribution in [0.4, 0.5) is 11.4 Å². The molecule has 1 N–H and O–H groups in total. The Hall–Kier alpha value is -2.34. The lowest BCUT2D eigenvalue weighted by Gasteiger charge is -2.20. The Labute approximate surface area is 155 Å². The summed E-state index contributed by atoms with van der Waals surface area (Å²) in [5, 5.41) is 0. The SMILES string of the molecule is CCC(C)c1ccc(S(=O)(=O)Nc2ccccc2N2CCCC2=O)cc1. The van der Waals surface area contributed by atoms with Crippen LogP contribution >= 0.6 is 0 Å². The third kappa shape index (κ3) is 3.75. The third-order valence-corrected chi connectivity index (χ3v) is 6.27. The molecule has 0 radical (unpaired) electrons. The molecule has 0 spiro atoms. The zero-order valence-corrected chi connectivity index (χ0v) is 15.9. The van der Waals surface area contributed by atoms with Gasteiger partial charge in [0.25, 0.3) is 10.0 Å². The zero-order valence-electron chi connectivity index (χ0n) is 15.1. The van der Waals surface area contributed by atoms with E-state index in [2.05, 4.69) is 18.6 Å². The van der Waals surface area contributed by atoms with E-state index in [1.807, 2.05) is 12.1 Å². The molecule has 0 bridgehead atoms. The molecule has 1 fully saturated rings. The van der Waals surface area contributed by atoms with Crippen LogP contribution in [0.2, 0.25) is 0 Å². The minimum absolute atomic E-state index is 0.0227. The van der Waals surface area contributed by atoms with Crippen molar-refractivity contribution >= 4 is 27.3 Å². The summed E-state index contributed by atoms with van der Waals surface area (Å²) >= 11 is 0. The van der Waals surface area contributed by atoms with Crippen LogP contribution in [-0.2, 0) is 14.8 Å². The number of amides is 1. The maximum Gasteiger partial charge on any atom is 0.261 e. The molecular weight excluding hydrogens is 348 g/mol. The Bertz CT molecular complexity index is 892. The minimum Gasteiger partial charge on any atom is -0.310 e. The molecular formula is C20H24N2O3S. The molecule has 1 unspecified atom stereocenters. The first-order chi connectivity index (χ1) is 12.4. The average molecular weight is 372 g/mol. The second kappa shape index (κ2) is 7.50. The molecule has 138 valence electrons. The van der Waals surface area contributed by atoms with Crippen LogP contribution in [0.25, 0.3) is 0 Å². The van der Waals surface area contributed by atoms with Gasteiger partial charge in [0.15, 0.2) is 0 Å². The summed E-state index contributed by atoms with van der Waals surface area (Å²) in [5.74, 6) is 0.413. The summed E-state index contributed by atoms with van der Waals surface area (Å²) in [6.07, 6.45) is 2.29. The normalized spacial score (nSPS) is 15.9. The number of nitrogens with zero attached hydrogens (tertiary/aromatic N) is 1. The summed E-state index contributed by atoms with van der Waals surface area (Å²) in [7, 11) is -3.72. The highest BCUT2D eigenvalue weighted by atomic mass is 32.2. The Balaban J connectivity index is 1.87. The number of para-hydroxylation sites is 2. The first-order valence-electron chi connectivity index (χ1n) is 8.94. The molecule has 2 aromatic rings. The van der Waals surface area contributed by atoms with Crippen molar-refractivity contribution in [2.24, 2.45) is 0 Å². The van der Waals surface area contributed by atoms with Crippen LogP contribution < -0.4 is 9.62 Å². The van der Waals surface area contributed by atoms with E-state index < -0.39 is 10.0 Å². The van der Waals surface area contributed by atoms with Gasteiger partial charge in [-0.1, -0.05) is 38.1 Å². The van der Waals surface area contributed by atoms with Crippen LogP contribution in [0.3, 0.4) is 0 Å². The molecule has 0 saturated carbocycles. The lowest BCUT2D eigenvalue weighted by Crippen LogP contribution is -2.25. The summed E-state index contributed by atoms with van der Waals surface area (Å²) < 4.78 is 28.2. The molecule has 1 aliphatic heterocycles. The molecule has 1 atom stereocenters. The number of nitrogens with one attached hydrogen (secondary N) is 1. The standard InChI is InChI=1S/C20H24N2O3S/c1-3-15(2)16-10-12-17(13-11-16)26(24,25)21-18-7-4-5-8-19(18)22-14-6-9-20(22)23/h4-5,7-8,10-13,15,21H,3,6,9,14H2,1-2H3. The molecule has 26 heavy (non-hydrogen) atoms. The Morgan fingerprint density at radius 2 is 1.81 bits per heavy atom. The fraction of sp³-hybridized carbons (Fsp3) is 0.350. The maximum atomic E-state index is 12.8. The fourth-order valence-electron chi connectivity index (χ4n) is 3.11. The van der Waals surface area contributed by atoms with Crippen molar-refractivity contribution in [2.75, 3.05) is 16.2 Å². The second-order valence-electron chi connectivity index (χ2n) is 6.65. The predicted octanol–water partition coefficient (Wildman–Crippen LogP) is 4.13. The summed E-state index contributed by atoms with van der Waals surface area (Å²) in [6.45, 7) is 4.83. The van der Waals surface area contributed by atoms with Gasteiger partial charge in [-0.15, -0.1) is 0 Å². The molecule has 1 amide bonds. The number of benzene rings is 2. The van der Waals surface area contributed by atoms with Crippen molar-refractivity contribution in [2.45, 2.75) is 43.9 Å². The number of sulfonamides is 1. The monoisotopic (exact) mass is 372 g/mol. The molecule has 2 aromatic carbocycles. The summed E-state index contributed by atoms with van der Waals surface area (Å²) in [6, 6.07) is 14.0. The molecule has 3 rings (SSSR count). The molecule has 1 saturated heterocycles. The second-order valence-corrected chi connectivity index (χ2v) is 8.33. The van der Waals surface area contributed by atoms with E-state index in [-0.39, 0.29) is 10.8 Å². The van der Waals surface area contributed by atoms with Crippen LogP contribution in [0.15, 0.2) is 53.4 Å². The van der Waals surface area contributed by atoms with E-state index in [0.29, 0.717) is 30.3 Å². The van der Waals surface area contributed by atoms with Gasteiger partial charge >= 0.3 is 0 Å². The highest BCUT2D eigenvalue weighted by Crippen LogP contribution is 2.31. The lowest BCUT2D eigenvalue weighted by molar-refractivity contribution is -0.117. The third-order valence-electron chi connectivity index (χ3n) is 4.88. The molecule has 0 aliphatic carbocycles. The van der Waals surface area contributed by atoms with Gasteiger partial charge in [-0.3, -0.25) is 9.52 Å². The van der Waals surface area contributed by atoms with E-state index in [1.165, 1.54) is 0 Å². The van der Waals surface area contributed by atoms with Gasteiger partial charge in [-0.2, -0.15) is 0 Å². The fourth-order valence-corrected chi connectivity index (χ4v) is 4.19. The number of rotatable bonds is 6. The van der Waals surface area contributed by atoms with Crippen molar-refractivity contribution in [1.82, 2.24) is 0 Å². The molecule has 1 heterocycles. The first-order valence-corrected chi connectivity index (χ1v) is 10.4. The van der Waals surface area contributed by atoms with Crippen LogP contribution in [0, 0.1) is 0 Å². The number of hydrogen-bond acceptors (Lipinski definition) is 3.